The van der Waals surface area contributed by atoms with Gasteiger partial charge in [0.1, 0.15) is 23.5 Å². The van der Waals surface area contributed by atoms with Crippen molar-refractivity contribution in [1.82, 2.24) is 30.1 Å². The summed E-state index contributed by atoms with van der Waals surface area (Å²) in [7, 11) is 3.85. The van der Waals surface area contributed by atoms with Gasteiger partial charge in [-0.25, -0.2) is 14.8 Å². The van der Waals surface area contributed by atoms with Crippen molar-refractivity contribution < 1.29 is 14.3 Å². The summed E-state index contributed by atoms with van der Waals surface area (Å²) in [6, 6.07) is 5.32. The molecule has 3 aromatic rings. The Labute approximate surface area is 222 Å². The van der Waals surface area contributed by atoms with E-state index in [1.807, 2.05) is 12.3 Å². The molecule has 11 heteroatoms. The van der Waals surface area contributed by atoms with E-state index >= 15 is 0 Å². The molecule has 1 aliphatic carbocycles. The van der Waals surface area contributed by atoms with Crippen molar-refractivity contribution in [2.24, 2.45) is 0 Å². The maximum atomic E-state index is 12.8. The van der Waals surface area contributed by atoms with Crippen molar-refractivity contribution in [2.75, 3.05) is 44.4 Å². The Morgan fingerprint density at radius 1 is 1.11 bits per heavy atom. The summed E-state index contributed by atoms with van der Waals surface area (Å²) >= 11 is 0. The van der Waals surface area contributed by atoms with Crippen LogP contribution in [0.2, 0.25) is 0 Å². The number of carbonyl (C=O) groups is 2. The second-order valence-electron chi connectivity index (χ2n) is 10.2. The number of benzene rings is 1. The van der Waals surface area contributed by atoms with Crippen molar-refractivity contribution in [3.63, 3.8) is 0 Å². The number of nitrogens with one attached hydrogen (secondary N) is 4. The molecule has 2 bridgehead atoms. The number of urea groups is 1. The van der Waals surface area contributed by atoms with Crippen LogP contribution in [-0.4, -0.2) is 76.5 Å². The summed E-state index contributed by atoms with van der Waals surface area (Å²) < 4.78 is 5.98. The van der Waals surface area contributed by atoms with Gasteiger partial charge in [-0.15, -0.1) is 0 Å². The maximum absolute atomic E-state index is 12.8. The molecule has 3 heterocycles. The van der Waals surface area contributed by atoms with E-state index in [2.05, 4.69) is 42.8 Å². The predicted molar refractivity (Wildman–Crippen MR) is 147 cm³/mol. The second kappa shape index (κ2) is 11.7. The smallest absolute Gasteiger partial charge is 0.319 e. The standard InChI is InChI=1S/C27H36N8O3/c1-34-11-6-12-35(2)23(36)16-38-22-13-20(31-26-24-18(15-34)14-28-25(24)29-17-30-26)9-10-21(22)33-27(37)32-19-7-4-3-5-8-19/h9-10,13-14,17,19H,3-8,11-12,15-16H2,1-2H3,(H2,32,33,37)(H2,28,29,30,31). The van der Waals surface area contributed by atoms with Crippen LogP contribution in [0.4, 0.5) is 22.0 Å². The highest BCUT2D eigenvalue weighted by atomic mass is 16.5. The highest BCUT2D eigenvalue weighted by molar-refractivity contribution is 5.94. The van der Waals surface area contributed by atoms with Gasteiger partial charge in [-0.1, -0.05) is 19.3 Å². The Balaban J connectivity index is 1.44. The molecule has 1 aliphatic heterocycles. The molecule has 38 heavy (non-hydrogen) atoms. The van der Waals surface area contributed by atoms with Crippen LogP contribution in [0.1, 0.15) is 44.1 Å². The van der Waals surface area contributed by atoms with E-state index in [0.717, 1.165) is 55.2 Å². The third-order valence-corrected chi connectivity index (χ3v) is 7.23. The van der Waals surface area contributed by atoms with Crippen molar-refractivity contribution >= 4 is 40.2 Å². The molecule has 5 rings (SSSR count). The Bertz CT molecular complexity index is 1290. The number of aromatic amines is 1. The second-order valence-corrected chi connectivity index (χ2v) is 10.2. The number of fused-ring (bicyclic) bond motifs is 2. The SMILES string of the molecule is CN1CCCN(C)C(=O)COc2cc(ccc2NC(=O)NC2CCCCC2)Nc2ncnc3[nH]cc(c23)C1. The van der Waals surface area contributed by atoms with Crippen molar-refractivity contribution in [3.8, 4) is 5.75 Å². The van der Waals surface area contributed by atoms with Crippen molar-refractivity contribution in [1.29, 1.82) is 0 Å². The lowest BCUT2D eigenvalue weighted by Crippen LogP contribution is -2.39. The fraction of sp³-hybridized carbons (Fsp3) is 0.481. The number of ether oxygens (including phenoxy) is 1. The Morgan fingerprint density at radius 2 is 1.95 bits per heavy atom. The molecule has 1 aromatic carbocycles. The minimum Gasteiger partial charge on any atom is -0.482 e. The van der Waals surface area contributed by atoms with Crippen molar-refractivity contribution in [2.45, 2.75) is 51.1 Å². The molecule has 0 spiro atoms. The summed E-state index contributed by atoms with van der Waals surface area (Å²) in [5.74, 6) is 0.951. The molecule has 3 amide bonds. The summed E-state index contributed by atoms with van der Waals surface area (Å²) in [5, 5.41) is 10.3. The molecular formula is C27H36N8O3. The molecule has 0 radical (unpaired) electrons. The van der Waals surface area contributed by atoms with Gasteiger partial charge in [0.15, 0.2) is 6.61 Å². The van der Waals surface area contributed by atoms with E-state index in [9.17, 15) is 9.59 Å². The van der Waals surface area contributed by atoms with Crippen LogP contribution in [0, 0.1) is 0 Å². The predicted octanol–water partition coefficient (Wildman–Crippen LogP) is 3.83. The van der Waals surface area contributed by atoms with E-state index in [4.69, 9.17) is 4.74 Å². The van der Waals surface area contributed by atoms with Gasteiger partial charge in [0.25, 0.3) is 5.91 Å². The monoisotopic (exact) mass is 520 g/mol. The zero-order valence-corrected chi connectivity index (χ0v) is 22.0. The maximum Gasteiger partial charge on any atom is 0.319 e. The fourth-order valence-corrected chi connectivity index (χ4v) is 5.12. The normalized spacial score (nSPS) is 18.1. The summed E-state index contributed by atoms with van der Waals surface area (Å²) in [6.45, 7) is 2.03. The first kappa shape index (κ1) is 25.8. The molecule has 2 aromatic heterocycles. The Morgan fingerprint density at radius 3 is 2.79 bits per heavy atom. The zero-order valence-electron chi connectivity index (χ0n) is 22.0. The zero-order chi connectivity index (χ0) is 26.5. The van der Waals surface area contributed by atoms with Crippen LogP contribution in [0.3, 0.4) is 0 Å². The van der Waals surface area contributed by atoms with Crippen LogP contribution in [-0.2, 0) is 11.3 Å². The Kier molecular flexibility index (Phi) is 7.92. The topological polar surface area (TPSA) is 128 Å². The van der Waals surface area contributed by atoms with Crippen LogP contribution in [0.5, 0.6) is 5.75 Å². The van der Waals surface area contributed by atoms with Crippen LogP contribution < -0.4 is 20.7 Å². The first-order chi connectivity index (χ1) is 18.5. The average Bonchev–Trinajstić information content (AvgIpc) is 3.32. The minimum absolute atomic E-state index is 0.124. The summed E-state index contributed by atoms with van der Waals surface area (Å²) in [5.41, 5.74) is 3.05. The number of hydrogen-bond acceptors (Lipinski definition) is 7. The van der Waals surface area contributed by atoms with E-state index in [-0.39, 0.29) is 24.6 Å². The third-order valence-electron chi connectivity index (χ3n) is 7.23. The largest absolute Gasteiger partial charge is 0.482 e. The van der Waals surface area contributed by atoms with Crippen LogP contribution in [0.15, 0.2) is 30.7 Å². The van der Waals surface area contributed by atoms with Gasteiger partial charge in [-0.3, -0.25) is 4.79 Å². The van der Waals surface area contributed by atoms with Gasteiger partial charge in [0, 0.05) is 44.1 Å². The first-order valence-corrected chi connectivity index (χ1v) is 13.3. The lowest BCUT2D eigenvalue weighted by atomic mass is 9.96. The fourth-order valence-electron chi connectivity index (χ4n) is 5.12. The third kappa shape index (κ3) is 6.16. The van der Waals surface area contributed by atoms with Gasteiger partial charge in [0.05, 0.1) is 11.1 Å². The van der Waals surface area contributed by atoms with Gasteiger partial charge >= 0.3 is 6.03 Å². The molecular weight excluding hydrogens is 484 g/mol. The molecule has 202 valence electrons. The lowest BCUT2D eigenvalue weighted by Gasteiger charge is -2.24. The molecule has 0 unspecified atom stereocenters. The van der Waals surface area contributed by atoms with E-state index in [0.29, 0.717) is 36.0 Å². The number of nitrogens with zero attached hydrogens (tertiary/aromatic N) is 4. The van der Waals surface area contributed by atoms with E-state index in [1.54, 1.807) is 24.1 Å². The number of rotatable bonds is 2. The molecule has 2 aliphatic rings. The Hall–Kier alpha value is -3.86. The van der Waals surface area contributed by atoms with E-state index in [1.165, 1.54) is 12.7 Å². The number of anilines is 3. The van der Waals surface area contributed by atoms with E-state index < -0.39 is 0 Å². The number of carbonyl (C=O) groups excluding carboxylic acids is 2. The minimum atomic E-state index is -0.272. The molecule has 4 N–H and O–H groups in total. The number of likely N-dealkylation sites (N-methyl/N-ethyl adjacent to an activating group) is 1. The van der Waals surface area contributed by atoms with Crippen LogP contribution >= 0.6 is 0 Å². The number of aromatic nitrogens is 3. The summed E-state index contributed by atoms with van der Waals surface area (Å²) in [4.78, 5) is 41.6. The lowest BCUT2D eigenvalue weighted by molar-refractivity contribution is -0.132. The number of amides is 3. The van der Waals surface area contributed by atoms with Crippen LogP contribution in [0.25, 0.3) is 11.0 Å². The molecule has 11 nitrogen and oxygen atoms in total. The number of hydrogen-bond donors (Lipinski definition) is 4. The quantitative estimate of drug-likeness (QED) is 0.404. The first-order valence-electron chi connectivity index (χ1n) is 13.3. The van der Waals surface area contributed by atoms with Gasteiger partial charge < -0.3 is 35.5 Å². The molecule has 0 saturated heterocycles. The highest BCUT2D eigenvalue weighted by Gasteiger charge is 2.19. The number of H-pyrrole nitrogens is 1. The average molecular weight is 521 g/mol. The molecule has 0 atom stereocenters. The highest BCUT2D eigenvalue weighted by Crippen LogP contribution is 2.32. The summed E-state index contributed by atoms with van der Waals surface area (Å²) in [6.07, 6.45) is 9.77. The molecule has 1 fully saturated rings. The van der Waals surface area contributed by atoms with Gasteiger partial charge in [0.2, 0.25) is 0 Å². The van der Waals surface area contributed by atoms with Gasteiger partial charge in [-0.05, 0) is 50.6 Å². The molecule has 1 saturated carbocycles. The van der Waals surface area contributed by atoms with Gasteiger partial charge in [-0.2, -0.15) is 0 Å². The van der Waals surface area contributed by atoms with Crippen molar-refractivity contribution in [3.05, 3.63) is 36.3 Å².